The quantitative estimate of drug-likeness (QED) is 0.364. The number of imide groups is 1. The largest absolute Gasteiger partial charge is 0.494 e. The molecule has 0 spiro atoms. The number of methoxy groups -OCH3 is 1. The number of thioether (sulfide) groups is 1. The number of nitro benzene ring substituents is 1. The lowest BCUT2D eigenvalue weighted by Gasteiger charge is -2.12. The number of amides is 2. The van der Waals surface area contributed by atoms with Gasteiger partial charge in [0.2, 0.25) is 0 Å². The third-order valence-corrected chi connectivity index (χ3v) is 5.33. The molecule has 0 radical (unpaired) electrons. The summed E-state index contributed by atoms with van der Waals surface area (Å²) in [4.78, 5) is 36.5. The zero-order chi connectivity index (χ0) is 20.4. The Bertz CT molecular complexity index is 1000. The number of hydrogen-bond donors (Lipinski definition) is 0. The third-order valence-electron chi connectivity index (χ3n) is 3.86. The maximum absolute atomic E-state index is 12.6. The second-order valence-corrected chi connectivity index (χ2v) is 7.52. The molecule has 0 atom stereocenters. The standard InChI is InChI=1S/C18H12Cl2N2O5S/c1-27-16-13(19)6-11(7-14(16)20)8-15-17(23)21(18(24)28-15)9-10-3-2-4-12(5-10)22(25)26/h2-8H,9H2,1H3/b15-8+. The van der Waals surface area contributed by atoms with Crippen molar-refractivity contribution >= 4 is 57.9 Å². The van der Waals surface area contributed by atoms with Gasteiger partial charge in [-0.1, -0.05) is 35.3 Å². The maximum Gasteiger partial charge on any atom is 0.293 e. The molecule has 3 rings (SSSR count). The molecule has 0 aliphatic carbocycles. The molecule has 1 aliphatic heterocycles. The van der Waals surface area contributed by atoms with Crippen LogP contribution >= 0.6 is 35.0 Å². The maximum atomic E-state index is 12.6. The summed E-state index contributed by atoms with van der Waals surface area (Å²) in [5.74, 6) is -0.177. The molecule has 28 heavy (non-hydrogen) atoms. The number of carbonyl (C=O) groups is 2. The van der Waals surface area contributed by atoms with E-state index in [2.05, 4.69) is 0 Å². The van der Waals surface area contributed by atoms with Crippen molar-refractivity contribution in [2.24, 2.45) is 0 Å². The number of halogens is 2. The van der Waals surface area contributed by atoms with Crippen molar-refractivity contribution in [2.75, 3.05) is 7.11 Å². The number of benzene rings is 2. The highest BCUT2D eigenvalue weighted by Crippen LogP contribution is 2.37. The van der Waals surface area contributed by atoms with Crippen LogP contribution in [-0.4, -0.2) is 28.1 Å². The van der Waals surface area contributed by atoms with Gasteiger partial charge in [0.25, 0.3) is 16.8 Å². The van der Waals surface area contributed by atoms with E-state index in [1.165, 1.54) is 31.4 Å². The fourth-order valence-corrected chi connectivity index (χ4v) is 4.09. The predicted molar refractivity (Wildman–Crippen MR) is 108 cm³/mol. The molecule has 2 aromatic carbocycles. The SMILES string of the molecule is COc1c(Cl)cc(/C=C2/SC(=O)N(Cc3cccc([N+](=O)[O-])c3)C2=O)cc1Cl. The van der Waals surface area contributed by atoms with Gasteiger partial charge in [0, 0.05) is 12.1 Å². The number of non-ortho nitro benzene ring substituents is 1. The Labute approximate surface area is 174 Å². The molecule has 2 aromatic rings. The average Bonchev–Trinajstić information content (AvgIpc) is 2.89. The van der Waals surface area contributed by atoms with E-state index in [-0.39, 0.29) is 27.2 Å². The van der Waals surface area contributed by atoms with Gasteiger partial charge in [-0.15, -0.1) is 0 Å². The Hall–Kier alpha value is -2.55. The number of rotatable bonds is 5. The highest BCUT2D eigenvalue weighted by molar-refractivity contribution is 8.18. The van der Waals surface area contributed by atoms with Crippen LogP contribution in [0, 0.1) is 10.1 Å². The summed E-state index contributed by atoms with van der Waals surface area (Å²) in [6.45, 7) is -0.0617. The smallest absolute Gasteiger partial charge is 0.293 e. The highest BCUT2D eigenvalue weighted by atomic mass is 35.5. The van der Waals surface area contributed by atoms with E-state index in [9.17, 15) is 19.7 Å². The number of carbonyl (C=O) groups excluding carboxylic acids is 2. The molecule has 0 N–H and O–H groups in total. The van der Waals surface area contributed by atoms with Gasteiger partial charge in [0.05, 0.1) is 33.5 Å². The zero-order valence-corrected chi connectivity index (χ0v) is 16.7. The summed E-state index contributed by atoms with van der Waals surface area (Å²) in [6, 6.07) is 8.93. The highest BCUT2D eigenvalue weighted by Gasteiger charge is 2.35. The minimum absolute atomic E-state index is 0.0617. The Kier molecular flexibility index (Phi) is 5.93. The van der Waals surface area contributed by atoms with Crippen molar-refractivity contribution < 1.29 is 19.2 Å². The Morgan fingerprint density at radius 3 is 2.50 bits per heavy atom. The van der Waals surface area contributed by atoms with E-state index in [1.54, 1.807) is 18.2 Å². The van der Waals surface area contributed by atoms with E-state index >= 15 is 0 Å². The van der Waals surface area contributed by atoms with Crippen molar-refractivity contribution in [1.82, 2.24) is 4.90 Å². The molecule has 7 nitrogen and oxygen atoms in total. The molecule has 1 saturated heterocycles. The van der Waals surface area contributed by atoms with Crippen molar-refractivity contribution in [3.05, 3.63) is 72.6 Å². The van der Waals surface area contributed by atoms with Crippen molar-refractivity contribution in [3.8, 4) is 5.75 Å². The first-order valence-corrected chi connectivity index (χ1v) is 9.39. The fraction of sp³-hybridized carbons (Fsp3) is 0.111. The summed E-state index contributed by atoms with van der Waals surface area (Å²) in [6.07, 6.45) is 1.51. The molecule has 0 aromatic heterocycles. The van der Waals surface area contributed by atoms with Gasteiger partial charge in [-0.05, 0) is 41.1 Å². The molecule has 2 amide bonds. The first kappa shape index (κ1) is 20.2. The first-order chi connectivity index (χ1) is 13.3. The van der Waals surface area contributed by atoms with Gasteiger partial charge in [-0.3, -0.25) is 24.6 Å². The molecular weight excluding hydrogens is 427 g/mol. The summed E-state index contributed by atoms with van der Waals surface area (Å²) in [5, 5.41) is 11.0. The summed E-state index contributed by atoms with van der Waals surface area (Å²) in [5.41, 5.74) is 0.910. The first-order valence-electron chi connectivity index (χ1n) is 7.82. The predicted octanol–water partition coefficient (Wildman–Crippen LogP) is 5.15. The number of nitrogens with zero attached hydrogens (tertiary/aromatic N) is 2. The molecule has 0 unspecified atom stereocenters. The molecule has 10 heteroatoms. The Morgan fingerprint density at radius 1 is 1.21 bits per heavy atom. The molecule has 144 valence electrons. The molecular formula is C18H12Cl2N2O5S. The lowest BCUT2D eigenvalue weighted by atomic mass is 10.1. The Morgan fingerprint density at radius 2 is 1.89 bits per heavy atom. The van der Waals surface area contributed by atoms with Gasteiger partial charge in [-0.2, -0.15) is 0 Å². The second kappa shape index (κ2) is 8.22. The minimum Gasteiger partial charge on any atom is -0.494 e. The lowest BCUT2D eigenvalue weighted by Crippen LogP contribution is -2.27. The van der Waals surface area contributed by atoms with Gasteiger partial charge in [0.15, 0.2) is 5.75 Å². The van der Waals surface area contributed by atoms with Crippen molar-refractivity contribution in [2.45, 2.75) is 6.54 Å². The third kappa shape index (κ3) is 4.14. The lowest BCUT2D eigenvalue weighted by molar-refractivity contribution is -0.384. The number of hydrogen-bond acceptors (Lipinski definition) is 6. The van der Waals surface area contributed by atoms with Gasteiger partial charge in [0.1, 0.15) is 0 Å². The minimum atomic E-state index is -0.533. The second-order valence-electron chi connectivity index (χ2n) is 5.71. The van der Waals surface area contributed by atoms with Crippen LogP contribution in [0.5, 0.6) is 5.75 Å². The van der Waals surface area contributed by atoms with Crippen LogP contribution in [0.4, 0.5) is 10.5 Å². The van der Waals surface area contributed by atoms with E-state index in [1.807, 2.05) is 0 Å². The zero-order valence-electron chi connectivity index (χ0n) is 14.3. The van der Waals surface area contributed by atoms with Crippen LogP contribution in [0.15, 0.2) is 41.3 Å². The van der Waals surface area contributed by atoms with Crippen LogP contribution in [0.1, 0.15) is 11.1 Å². The van der Waals surface area contributed by atoms with Crippen LogP contribution in [0.25, 0.3) is 6.08 Å². The van der Waals surface area contributed by atoms with Crippen LogP contribution in [0.2, 0.25) is 10.0 Å². The Balaban J connectivity index is 1.85. The van der Waals surface area contributed by atoms with Crippen LogP contribution in [-0.2, 0) is 11.3 Å². The van der Waals surface area contributed by atoms with E-state index in [4.69, 9.17) is 27.9 Å². The molecule has 1 heterocycles. The topological polar surface area (TPSA) is 89.8 Å². The normalized spacial score (nSPS) is 15.4. The van der Waals surface area contributed by atoms with E-state index in [0.29, 0.717) is 16.9 Å². The molecule has 1 fully saturated rings. The van der Waals surface area contributed by atoms with E-state index in [0.717, 1.165) is 16.7 Å². The van der Waals surface area contributed by atoms with Gasteiger partial charge >= 0.3 is 0 Å². The molecule has 0 bridgehead atoms. The molecule has 1 aliphatic rings. The molecule has 0 saturated carbocycles. The van der Waals surface area contributed by atoms with Crippen LogP contribution in [0.3, 0.4) is 0 Å². The van der Waals surface area contributed by atoms with Gasteiger partial charge in [-0.25, -0.2) is 0 Å². The number of nitro groups is 1. The van der Waals surface area contributed by atoms with Crippen LogP contribution < -0.4 is 4.74 Å². The number of ether oxygens (including phenoxy) is 1. The van der Waals surface area contributed by atoms with Crippen molar-refractivity contribution in [3.63, 3.8) is 0 Å². The monoisotopic (exact) mass is 438 g/mol. The summed E-state index contributed by atoms with van der Waals surface area (Å²) < 4.78 is 5.08. The summed E-state index contributed by atoms with van der Waals surface area (Å²) >= 11 is 13.0. The van der Waals surface area contributed by atoms with Gasteiger partial charge < -0.3 is 4.74 Å². The summed E-state index contributed by atoms with van der Waals surface area (Å²) in [7, 11) is 1.44. The fourth-order valence-electron chi connectivity index (χ4n) is 2.60. The average molecular weight is 439 g/mol. The van der Waals surface area contributed by atoms with E-state index < -0.39 is 16.1 Å². The van der Waals surface area contributed by atoms with Crippen molar-refractivity contribution in [1.29, 1.82) is 0 Å².